The van der Waals surface area contributed by atoms with Crippen molar-refractivity contribution in [2.45, 2.75) is 25.8 Å². The van der Waals surface area contributed by atoms with Crippen molar-refractivity contribution in [3.63, 3.8) is 0 Å². The van der Waals surface area contributed by atoms with Gasteiger partial charge in [-0.1, -0.05) is 54.9 Å². The third kappa shape index (κ3) is 7.17. The van der Waals surface area contributed by atoms with E-state index in [1.54, 1.807) is 5.19 Å². The molecule has 0 aromatic heterocycles. The molecule has 5 heteroatoms. The van der Waals surface area contributed by atoms with Crippen LogP contribution in [-0.4, -0.2) is 8.80 Å². The maximum absolute atomic E-state index is 3.51. The predicted octanol–water partition coefficient (Wildman–Crippen LogP) is -6.23. The van der Waals surface area contributed by atoms with Gasteiger partial charge in [0.1, 0.15) is 0 Å². The van der Waals surface area contributed by atoms with E-state index in [0.717, 1.165) is 6.42 Å². The first-order chi connectivity index (χ1) is 7.42. The molecule has 1 atom stereocenters. The largest absolute Gasteiger partial charge is 4.00 e. The Hall–Kier alpha value is 0.501. The van der Waals surface area contributed by atoms with Crippen molar-refractivity contribution < 1.29 is 58.9 Å². The fourth-order valence-electron chi connectivity index (χ4n) is 2.14. The van der Waals surface area contributed by atoms with Crippen molar-refractivity contribution in [2.24, 2.45) is 0 Å². The van der Waals surface area contributed by atoms with Crippen molar-refractivity contribution in [2.75, 3.05) is 0 Å². The van der Waals surface area contributed by atoms with E-state index in [4.69, 9.17) is 0 Å². The smallest absolute Gasteiger partial charge is 1.00 e. The molecule has 0 fully saturated rings. The number of allylic oxidation sites excluding steroid dienone is 4. The summed E-state index contributed by atoms with van der Waals surface area (Å²) in [5.41, 5.74) is 0. The van der Waals surface area contributed by atoms with Crippen molar-refractivity contribution in [3.8, 4) is 0 Å². The molecule has 0 radical (unpaired) electrons. The number of halogens is 3. The van der Waals surface area contributed by atoms with Gasteiger partial charge in [0.25, 0.3) is 0 Å². The van der Waals surface area contributed by atoms with Gasteiger partial charge in [0, 0.05) is 0 Å². The number of rotatable bonds is 4. The van der Waals surface area contributed by atoms with Crippen LogP contribution in [0.5, 0.6) is 0 Å². The molecule has 19 heavy (non-hydrogen) atoms. The first-order valence-corrected chi connectivity index (χ1v) is 7.71. The third-order valence-electron chi connectivity index (χ3n) is 2.88. The Morgan fingerprint density at radius 2 is 1.74 bits per heavy atom. The maximum Gasteiger partial charge on any atom is 4.00 e. The van der Waals surface area contributed by atoms with Gasteiger partial charge < -0.3 is 37.2 Å². The Kier molecular flexibility index (Phi) is 17.4. The molecule has 0 spiro atoms. The summed E-state index contributed by atoms with van der Waals surface area (Å²) in [5.74, 6) is 0. The average molecular weight is 368 g/mol. The van der Waals surface area contributed by atoms with Crippen LogP contribution < -0.4 is 42.4 Å². The van der Waals surface area contributed by atoms with E-state index < -0.39 is 8.80 Å². The first kappa shape index (κ1) is 24.5. The minimum Gasteiger partial charge on any atom is -1.00 e. The molecule has 1 aliphatic rings. The van der Waals surface area contributed by atoms with Gasteiger partial charge in [-0.05, 0) is 0 Å². The van der Waals surface area contributed by atoms with Gasteiger partial charge in [-0.3, -0.25) is 6.08 Å². The Bertz CT molecular complexity index is 380. The number of hydrogen-bond donors (Lipinski definition) is 0. The maximum atomic E-state index is 3.51. The van der Waals surface area contributed by atoms with Crippen LogP contribution in [0, 0.1) is 6.08 Å². The van der Waals surface area contributed by atoms with Gasteiger partial charge in [0.15, 0.2) is 0 Å². The Morgan fingerprint density at radius 3 is 2.21 bits per heavy atom. The first-order valence-electron chi connectivity index (χ1n) is 5.74. The van der Waals surface area contributed by atoms with Crippen LogP contribution in [0.1, 0.15) is 19.8 Å². The number of hydrogen-bond acceptors (Lipinski definition) is 0. The van der Waals surface area contributed by atoms with E-state index in [2.05, 4.69) is 55.5 Å². The molecule has 2 rings (SSSR count). The molecule has 1 unspecified atom stereocenters. The Labute approximate surface area is 151 Å². The standard InChI is InChI=1S/C14H17Si.3ClH.Ti/c1-2-12-15(14-10-6-7-11-14)13-8-4-3-5-9-13;;;;/h3-6,8-10,15H,2,7,12H2,1H3;3*1H;/q-1;;;;+4/p-3. The van der Waals surface area contributed by atoms with Crippen LogP contribution in [0.3, 0.4) is 0 Å². The van der Waals surface area contributed by atoms with Gasteiger partial charge in [0.05, 0.1) is 8.80 Å². The molecule has 1 aromatic carbocycles. The molecule has 1 aromatic rings. The zero-order chi connectivity index (χ0) is 10.5. The van der Waals surface area contributed by atoms with Crippen LogP contribution in [0.25, 0.3) is 0 Å². The van der Waals surface area contributed by atoms with Crippen molar-refractivity contribution >= 4 is 14.0 Å². The third-order valence-corrected chi connectivity index (χ3v) is 6.37. The minimum absolute atomic E-state index is 0. The van der Waals surface area contributed by atoms with Crippen LogP contribution in [0.15, 0.2) is 47.7 Å². The average Bonchev–Trinajstić information content (AvgIpc) is 2.80. The zero-order valence-electron chi connectivity index (χ0n) is 10.9. The van der Waals surface area contributed by atoms with Crippen molar-refractivity contribution in [1.29, 1.82) is 0 Å². The molecule has 0 heterocycles. The van der Waals surface area contributed by atoms with E-state index in [0.29, 0.717) is 0 Å². The van der Waals surface area contributed by atoms with Crippen molar-refractivity contribution in [3.05, 3.63) is 53.8 Å². The second-order valence-corrected chi connectivity index (χ2v) is 6.96. The normalized spacial score (nSPS) is 13.0. The molecule has 102 valence electrons. The molecule has 1 aliphatic carbocycles. The summed E-state index contributed by atoms with van der Waals surface area (Å²) >= 11 is 0. The van der Waals surface area contributed by atoms with Crippen LogP contribution >= 0.6 is 0 Å². The zero-order valence-corrected chi connectivity index (χ0v) is 15.9. The van der Waals surface area contributed by atoms with Gasteiger partial charge in [0.2, 0.25) is 0 Å². The van der Waals surface area contributed by atoms with Gasteiger partial charge in [-0.15, -0.1) is 6.42 Å². The fraction of sp³-hybridized carbons (Fsp3) is 0.286. The van der Waals surface area contributed by atoms with E-state index in [1.165, 1.54) is 17.7 Å². The van der Waals surface area contributed by atoms with E-state index in [9.17, 15) is 0 Å². The molecule has 0 nitrogen and oxygen atoms in total. The van der Waals surface area contributed by atoms with Crippen molar-refractivity contribution in [1.82, 2.24) is 0 Å². The molecule has 0 N–H and O–H groups in total. The summed E-state index contributed by atoms with van der Waals surface area (Å²) in [7, 11) is -0.926. The number of benzene rings is 1. The van der Waals surface area contributed by atoms with Gasteiger partial charge in [-0.2, -0.15) is 6.08 Å². The molecule has 0 aliphatic heterocycles. The van der Waals surface area contributed by atoms with Crippen LogP contribution in [0.2, 0.25) is 6.04 Å². The topological polar surface area (TPSA) is 0 Å². The van der Waals surface area contributed by atoms with Crippen LogP contribution in [-0.2, 0) is 21.7 Å². The SMILES string of the molecule is CCC[SiH](C1=[C-]CC=C1)c1ccccc1.[Cl-].[Cl-].[Cl-].[Ti+4]. The second kappa shape index (κ2) is 13.5. The van der Waals surface area contributed by atoms with E-state index >= 15 is 0 Å². The minimum atomic E-state index is -0.926. The predicted molar refractivity (Wildman–Crippen MR) is 68.8 cm³/mol. The Balaban J connectivity index is -0.000000640. The summed E-state index contributed by atoms with van der Waals surface area (Å²) in [6, 6.07) is 12.3. The molecule has 0 saturated carbocycles. The molecular formula is C14H17Cl3SiTi. The monoisotopic (exact) mass is 366 g/mol. The van der Waals surface area contributed by atoms with Crippen LogP contribution in [0.4, 0.5) is 0 Å². The van der Waals surface area contributed by atoms with E-state index in [-0.39, 0.29) is 58.9 Å². The van der Waals surface area contributed by atoms with Gasteiger partial charge >= 0.3 is 21.7 Å². The summed E-state index contributed by atoms with van der Waals surface area (Å²) in [5, 5.41) is 3.08. The second-order valence-electron chi connectivity index (χ2n) is 3.99. The molecule has 0 bridgehead atoms. The summed E-state index contributed by atoms with van der Waals surface area (Å²) in [6.07, 6.45) is 10.3. The molecule has 0 saturated heterocycles. The van der Waals surface area contributed by atoms with Gasteiger partial charge in [-0.25, -0.2) is 11.3 Å². The molecule has 0 amide bonds. The molecular weight excluding hydrogens is 350 g/mol. The summed E-state index contributed by atoms with van der Waals surface area (Å²) in [4.78, 5) is 0. The summed E-state index contributed by atoms with van der Waals surface area (Å²) in [6.45, 7) is 2.28. The summed E-state index contributed by atoms with van der Waals surface area (Å²) < 4.78 is 0. The van der Waals surface area contributed by atoms with E-state index in [1.807, 2.05) is 0 Å². The fourth-order valence-corrected chi connectivity index (χ4v) is 5.14. The quantitative estimate of drug-likeness (QED) is 0.367. The Morgan fingerprint density at radius 1 is 1.11 bits per heavy atom.